The summed E-state index contributed by atoms with van der Waals surface area (Å²) in [5, 5.41) is 13.7. The number of aromatic nitrogens is 2. The van der Waals surface area contributed by atoms with E-state index in [2.05, 4.69) is 5.32 Å². The Balaban J connectivity index is 1.38. The first-order valence-electron chi connectivity index (χ1n) is 12.9. The second kappa shape index (κ2) is 12.1. The lowest BCUT2D eigenvalue weighted by Crippen LogP contribution is -2.40. The van der Waals surface area contributed by atoms with Crippen molar-refractivity contribution in [2.45, 2.75) is 26.5 Å². The molecule has 39 heavy (non-hydrogen) atoms. The van der Waals surface area contributed by atoms with Crippen molar-refractivity contribution in [2.24, 2.45) is 14.1 Å². The number of fused-ring (bicyclic) bond motifs is 1. The van der Waals surface area contributed by atoms with Crippen LogP contribution < -0.4 is 26.7 Å². The molecule has 10 nitrogen and oxygen atoms in total. The highest BCUT2D eigenvalue weighted by Crippen LogP contribution is 2.29. The van der Waals surface area contributed by atoms with Gasteiger partial charge in [-0.05, 0) is 32.4 Å². The Bertz CT molecular complexity index is 1620. The minimum Gasteiger partial charge on any atom is -0.493 e. The van der Waals surface area contributed by atoms with Crippen molar-refractivity contribution in [3.8, 4) is 17.1 Å². The van der Waals surface area contributed by atoms with Crippen LogP contribution in [-0.2, 0) is 14.1 Å². The van der Waals surface area contributed by atoms with E-state index in [0.29, 0.717) is 66.5 Å². The average Bonchev–Trinajstić information content (AvgIpc) is 2.93. The van der Waals surface area contributed by atoms with E-state index < -0.39 is 11.9 Å². The smallest absolute Gasteiger partial charge is 0.332 e. The molecule has 0 spiro atoms. The normalized spacial score (nSPS) is 12.2. The second-order valence-corrected chi connectivity index (χ2v) is 9.45. The van der Waals surface area contributed by atoms with E-state index in [1.807, 2.05) is 35.2 Å². The summed E-state index contributed by atoms with van der Waals surface area (Å²) in [6.45, 7) is 5.19. The summed E-state index contributed by atoms with van der Waals surface area (Å²) in [6, 6.07) is 16.2. The summed E-state index contributed by atoms with van der Waals surface area (Å²) in [6.07, 6.45) is -0.110. The Kier molecular flexibility index (Phi) is 8.68. The van der Waals surface area contributed by atoms with Gasteiger partial charge in [0.25, 0.3) is 5.56 Å². The Morgan fingerprint density at radius 2 is 1.77 bits per heavy atom. The van der Waals surface area contributed by atoms with Gasteiger partial charge >= 0.3 is 5.69 Å². The van der Waals surface area contributed by atoms with Gasteiger partial charge in [-0.3, -0.25) is 23.6 Å². The van der Waals surface area contributed by atoms with Gasteiger partial charge in [-0.15, -0.1) is 0 Å². The monoisotopic (exact) mass is 534 g/mol. The molecule has 0 aliphatic rings. The first-order valence-corrected chi connectivity index (χ1v) is 12.9. The van der Waals surface area contributed by atoms with E-state index in [9.17, 15) is 19.5 Å². The highest BCUT2D eigenvalue weighted by Gasteiger charge is 2.17. The number of rotatable bonds is 11. The van der Waals surface area contributed by atoms with Gasteiger partial charge in [0.15, 0.2) is 5.43 Å². The topological polar surface area (TPSA) is 119 Å². The third kappa shape index (κ3) is 6.13. The zero-order valence-electron chi connectivity index (χ0n) is 22.6. The fourth-order valence-electron chi connectivity index (χ4n) is 4.45. The number of hydrogen-bond acceptors (Lipinski definition) is 8. The Morgan fingerprint density at radius 3 is 2.49 bits per heavy atom. The second-order valence-electron chi connectivity index (χ2n) is 9.45. The van der Waals surface area contributed by atoms with Gasteiger partial charge in [0, 0.05) is 50.9 Å². The van der Waals surface area contributed by atoms with E-state index >= 15 is 0 Å². The van der Waals surface area contributed by atoms with Gasteiger partial charge in [-0.25, -0.2) is 4.79 Å². The molecule has 1 atom stereocenters. The molecule has 0 bridgehead atoms. The summed E-state index contributed by atoms with van der Waals surface area (Å²) < 4.78 is 14.5. The van der Waals surface area contributed by atoms with Gasteiger partial charge in [0.05, 0.1) is 6.61 Å². The molecule has 0 aliphatic carbocycles. The molecule has 206 valence electrons. The SMILES string of the molecule is Cc1c(-c2ccccc2)oc2cccc(OCCCN(CCNc3cc(=O)n(C)c(=O)n3C)C(C)O)c2c1=O. The molecule has 2 aromatic heterocycles. The maximum atomic E-state index is 13.3. The summed E-state index contributed by atoms with van der Waals surface area (Å²) in [7, 11) is 3.02. The van der Waals surface area contributed by atoms with Gasteiger partial charge in [0.2, 0.25) is 0 Å². The van der Waals surface area contributed by atoms with Crippen LogP contribution >= 0.6 is 0 Å². The Morgan fingerprint density at radius 1 is 1.03 bits per heavy atom. The van der Waals surface area contributed by atoms with Crippen LogP contribution in [0.3, 0.4) is 0 Å². The molecule has 2 heterocycles. The van der Waals surface area contributed by atoms with Crippen LogP contribution in [0, 0.1) is 6.92 Å². The van der Waals surface area contributed by atoms with E-state index in [-0.39, 0.29) is 11.0 Å². The lowest BCUT2D eigenvalue weighted by atomic mass is 10.1. The molecule has 1 unspecified atom stereocenters. The lowest BCUT2D eigenvalue weighted by molar-refractivity contribution is 0.0186. The van der Waals surface area contributed by atoms with Gasteiger partial charge in [-0.2, -0.15) is 0 Å². The largest absolute Gasteiger partial charge is 0.493 e. The summed E-state index contributed by atoms with van der Waals surface area (Å²) in [5.74, 6) is 1.42. The minimum absolute atomic E-state index is 0.132. The first kappa shape index (κ1) is 27.9. The van der Waals surface area contributed by atoms with Gasteiger partial charge in [0.1, 0.15) is 34.5 Å². The van der Waals surface area contributed by atoms with Crippen molar-refractivity contribution < 1.29 is 14.3 Å². The third-order valence-electron chi connectivity index (χ3n) is 6.75. The molecule has 0 fully saturated rings. The lowest BCUT2D eigenvalue weighted by Gasteiger charge is -2.25. The van der Waals surface area contributed by atoms with E-state index in [4.69, 9.17) is 9.15 Å². The van der Waals surface area contributed by atoms with Crippen molar-refractivity contribution in [1.29, 1.82) is 0 Å². The first-order chi connectivity index (χ1) is 18.7. The number of hydrogen-bond donors (Lipinski definition) is 2. The van der Waals surface area contributed by atoms with Crippen LogP contribution in [0.1, 0.15) is 18.9 Å². The molecule has 2 aromatic carbocycles. The van der Waals surface area contributed by atoms with E-state index in [1.165, 1.54) is 17.7 Å². The molecular weight excluding hydrogens is 500 g/mol. The highest BCUT2D eigenvalue weighted by atomic mass is 16.5. The van der Waals surface area contributed by atoms with Gasteiger partial charge < -0.3 is 19.6 Å². The molecule has 0 saturated heterocycles. The molecule has 4 aromatic rings. The number of benzene rings is 2. The molecule has 0 amide bonds. The maximum Gasteiger partial charge on any atom is 0.332 e. The quantitative estimate of drug-likeness (QED) is 0.223. The average molecular weight is 535 g/mol. The van der Waals surface area contributed by atoms with E-state index in [1.54, 1.807) is 39.1 Å². The number of ether oxygens (including phenoxy) is 1. The predicted octanol–water partition coefficient (Wildman–Crippen LogP) is 2.69. The molecule has 0 aliphatic heterocycles. The van der Waals surface area contributed by atoms with Crippen LogP contribution in [0.4, 0.5) is 5.82 Å². The zero-order valence-corrected chi connectivity index (χ0v) is 22.6. The molecular formula is C29H34N4O6. The number of aliphatic hydroxyl groups excluding tert-OH is 1. The number of nitrogens with one attached hydrogen (secondary N) is 1. The fourth-order valence-corrected chi connectivity index (χ4v) is 4.45. The van der Waals surface area contributed by atoms with Crippen molar-refractivity contribution in [1.82, 2.24) is 14.0 Å². The standard InChI is InChI=1S/C29H34N4O6/c1-19-27(36)26-22(12-8-13-23(26)39-28(19)21-10-6-5-7-11-21)38-17-9-15-33(20(2)34)16-14-30-24-18-25(35)32(4)29(37)31(24)3/h5-8,10-13,18,20,30,34H,9,14-17H2,1-4H3. The van der Waals surface area contributed by atoms with Crippen LogP contribution in [0.5, 0.6) is 5.75 Å². The molecule has 0 saturated carbocycles. The summed E-state index contributed by atoms with van der Waals surface area (Å²) >= 11 is 0. The summed E-state index contributed by atoms with van der Waals surface area (Å²) in [4.78, 5) is 39.2. The predicted molar refractivity (Wildman–Crippen MR) is 151 cm³/mol. The van der Waals surface area contributed by atoms with Gasteiger partial charge in [-0.1, -0.05) is 36.4 Å². The van der Waals surface area contributed by atoms with Crippen molar-refractivity contribution in [2.75, 3.05) is 31.6 Å². The molecule has 10 heteroatoms. The fraction of sp³-hybridized carbons (Fsp3) is 0.345. The molecule has 4 rings (SSSR count). The highest BCUT2D eigenvalue weighted by molar-refractivity contribution is 5.86. The van der Waals surface area contributed by atoms with Crippen molar-refractivity contribution in [3.63, 3.8) is 0 Å². The minimum atomic E-state index is -0.706. The number of aliphatic hydroxyl groups is 1. The van der Waals surface area contributed by atoms with Crippen molar-refractivity contribution >= 4 is 16.8 Å². The van der Waals surface area contributed by atoms with E-state index in [0.717, 1.165) is 10.1 Å². The zero-order chi connectivity index (χ0) is 28.1. The van der Waals surface area contributed by atoms with Crippen LogP contribution in [0.15, 0.2) is 73.4 Å². The molecule has 2 N–H and O–H groups in total. The molecule has 0 radical (unpaired) electrons. The number of nitrogens with zero attached hydrogens (tertiary/aromatic N) is 3. The van der Waals surface area contributed by atoms with Crippen LogP contribution in [0.2, 0.25) is 0 Å². The Hall–Kier alpha value is -4.15. The summed E-state index contributed by atoms with van der Waals surface area (Å²) in [5.41, 5.74) is 0.884. The third-order valence-corrected chi connectivity index (χ3v) is 6.75. The maximum absolute atomic E-state index is 13.3. The van der Waals surface area contributed by atoms with Crippen LogP contribution in [0.25, 0.3) is 22.3 Å². The number of anilines is 1. The van der Waals surface area contributed by atoms with Crippen molar-refractivity contribution in [3.05, 3.63) is 91.2 Å². The van der Waals surface area contributed by atoms with Crippen LogP contribution in [-0.4, -0.2) is 51.6 Å². The Labute approximate surface area is 225 Å².